The van der Waals surface area contributed by atoms with Gasteiger partial charge in [-0.25, -0.2) is 4.98 Å². The van der Waals surface area contributed by atoms with E-state index < -0.39 is 6.10 Å². The molecule has 3 aromatic rings. The van der Waals surface area contributed by atoms with Crippen LogP contribution in [-0.4, -0.2) is 15.1 Å². The summed E-state index contributed by atoms with van der Waals surface area (Å²) < 4.78 is 0. The van der Waals surface area contributed by atoms with Crippen LogP contribution >= 0.6 is 0 Å². The Morgan fingerprint density at radius 3 is 2.60 bits per heavy atom. The molecule has 1 atom stereocenters. The number of fused-ring (bicyclic) bond motifs is 1. The molecule has 4 heteroatoms. The normalized spacial score (nSPS) is 12.5. The highest BCUT2D eigenvalue weighted by Gasteiger charge is 2.19. The van der Waals surface area contributed by atoms with Gasteiger partial charge in [0.05, 0.1) is 5.69 Å². The first kappa shape index (κ1) is 12.6. The van der Waals surface area contributed by atoms with Crippen molar-refractivity contribution < 1.29 is 5.11 Å². The van der Waals surface area contributed by atoms with Crippen molar-refractivity contribution in [3.8, 4) is 0 Å². The lowest BCUT2D eigenvalue weighted by molar-refractivity contribution is 0.217. The molecular formula is C16H15N3O. The minimum absolute atomic E-state index is 0.340. The highest BCUT2D eigenvalue weighted by atomic mass is 16.3. The number of aliphatic hydroxyl groups is 1. The van der Waals surface area contributed by atoms with Crippen molar-refractivity contribution in [3.05, 3.63) is 65.6 Å². The number of nitrogens with two attached hydrogens (primary N) is 1. The molecule has 2 aromatic heterocycles. The first-order valence-corrected chi connectivity index (χ1v) is 6.41. The average Bonchev–Trinajstić information content (AvgIpc) is 2.46. The molecule has 1 unspecified atom stereocenters. The number of pyridine rings is 2. The monoisotopic (exact) mass is 265 g/mol. The van der Waals surface area contributed by atoms with E-state index in [1.165, 1.54) is 0 Å². The van der Waals surface area contributed by atoms with Crippen LogP contribution in [0.25, 0.3) is 10.8 Å². The number of aliphatic hydroxyl groups excluding tert-OH is 1. The number of aryl methyl sites for hydroxylation is 1. The van der Waals surface area contributed by atoms with E-state index in [9.17, 15) is 5.11 Å². The topological polar surface area (TPSA) is 72.0 Å². The van der Waals surface area contributed by atoms with Crippen LogP contribution in [0.5, 0.6) is 0 Å². The Kier molecular flexibility index (Phi) is 3.08. The van der Waals surface area contributed by atoms with Gasteiger partial charge in [-0.05, 0) is 30.0 Å². The van der Waals surface area contributed by atoms with Crippen LogP contribution in [0.4, 0.5) is 5.82 Å². The molecule has 3 rings (SSSR count). The summed E-state index contributed by atoms with van der Waals surface area (Å²) in [7, 11) is 0. The molecule has 4 nitrogen and oxygen atoms in total. The molecule has 3 N–H and O–H groups in total. The van der Waals surface area contributed by atoms with Gasteiger partial charge in [-0.1, -0.05) is 24.3 Å². The summed E-state index contributed by atoms with van der Waals surface area (Å²) in [6.45, 7) is 1.90. The number of nitrogen functional groups attached to an aromatic ring is 1. The number of aromatic nitrogens is 2. The maximum Gasteiger partial charge on any atom is 0.129 e. The zero-order valence-electron chi connectivity index (χ0n) is 11.1. The summed E-state index contributed by atoms with van der Waals surface area (Å²) >= 11 is 0. The van der Waals surface area contributed by atoms with Crippen molar-refractivity contribution in [3.63, 3.8) is 0 Å². The van der Waals surface area contributed by atoms with Crippen molar-refractivity contribution >= 4 is 16.6 Å². The molecule has 0 bridgehead atoms. The molecule has 0 amide bonds. The van der Waals surface area contributed by atoms with Crippen molar-refractivity contribution in [2.75, 3.05) is 5.73 Å². The molecule has 1 aromatic carbocycles. The van der Waals surface area contributed by atoms with Gasteiger partial charge in [0.25, 0.3) is 0 Å². The van der Waals surface area contributed by atoms with E-state index in [0.29, 0.717) is 17.1 Å². The molecule has 0 aliphatic carbocycles. The molecule has 100 valence electrons. The fraction of sp³-hybridized carbons (Fsp3) is 0.125. The lowest BCUT2D eigenvalue weighted by Gasteiger charge is -2.16. The second-order valence-electron chi connectivity index (χ2n) is 4.75. The van der Waals surface area contributed by atoms with Crippen molar-refractivity contribution in [2.45, 2.75) is 13.0 Å². The number of nitrogens with zero attached hydrogens (tertiary/aromatic N) is 2. The first-order valence-electron chi connectivity index (χ1n) is 6.41. The van der Waals surface area contributed by atoms with Gasteiger partial charge in [-0.2, -0.15) is 0 Å². The molecule has 0 radical (unpaired) electrons. The second-order valence-corrected chi connectivity index (χ2v) is 4.75. The van der Waals surface area contributed by atoms with Crippen LogP contribution in [0.1, 0.15) is 22.9 Å². The van der Waals surface area contributed by atoms with Crippen molar-refractivity contribution in [1.82, 2.24) is 9.97 Å². The molecule has 0 aliphatic heterocycles. The summed E-state index contributed by atoms with van der Waals surface area (Å²) in [5, 5.41) is 12.6. The Morgan fingerprint density at radius 2 is 1.80 bits per heavy atom. The smallest absolute Gasteiger partial charge is 0.129 e. The number of benzene rings is 1. The minimum atomic E-state index is -0.880. The SMILES string of the molecule is Cc1ccnc(N)c1C(O)c1nccc2ccccc12. The zero-order valence-corrected chi connectivity index (χ0v) is 11.1. The highest BCUT2D eigenvalue weighted by Crippen LogP contribution is 2.31. The maximum absolute atomic E-state index is 10.7. The standard InChI is InChI=1S/C16H15N3O/c1-10-6-8-19-16(17)13(10)15(20)14-12-5-3-2-4-11(12)7-9-18-14/h2-9,15,20H,1H3,(H2,17,19). The fourth-order valence-electron chi connectivity index (χ4n) is 2.44. The van der Waals surface area contributed by atoms with E-state index in [0.717, 1.165) is 16.3 Å². The van der Waals surface area contributed by atoms with E-state index in [1.54, 1.807) is 12.4 Å². The molecule has 2 heterocycles. The molecule has 0 saturated heterocycles. The van der Waals surface area contributed by atoms with E-state index in [2.05, 4.69) is 9.97 Å². The van der Waals surface area contributed by atoms with Crippen molar-refractivity contribution in [2.24, 2.45) is 0 Å². The molecule has 0 fully saturated rings. The van der Waals surface area contributed by atoms with E-state index >= 15 is 0 Å². The highest BCUT2D eigenvalue weighted by molar-refractivity contribution is 5.85. The van der Waals surface area contributed by atoms with Gasteiger partial charge in [0.2, 0.25) is 0 Å². The predicted molar refractivity (Wildman–Crippen MR) is 79.2 cm³/mol. The maximum atomic E-state index is 10.7. The van der Waals surface area contributed by atoms with Crippen LogP contribution in [0.15, 0.2) is 48.8 Å². The number of hydrogen-bond acceptors (Lipinski definition) is 4. The Hall–Kier alpha value is -2.46. The largest absolute Gasteiger partial charge is 0.383 e. The fourth-order valence-corrected chi connectivity index (χ4v) is 2.44. The molecule has 20 heavy (non-hydrogen) atoms. The average molecular weight is 265 g/mol. The summed E-state index contributed by atoms with van der Waals surface area (Å²) in [4.78, 5) is 8.39. The Morgan fingerprint density at radius 1 is 1.05 bits per heavy atom. The van der Waals surface area contributed by atoms with Crippen LogP contribution < -0.4 is 5.73 Å². The van der Waals surface area contributed by atoms with Crippen LogP contribution in [0, 0.1) is 6.92 Å². The quantitative estimate of drug-likeness (QED) is 0.747. The third kappa shape index (κ3) is 2.00. The lowest BCUT2D eigenvalue weighted by Crippen LogP contribution is -2.09. The Balaban J connectivity index is 2.21. The van der Waals surface area contributed by atoms with E-state index in [-0.39, 0.29) is 0 Å². The van der Waals surface area contributed by atoms with Gasteiger partial charge in [0.15, 0.2) is 0 Å². The Bertz CT molecular complexity index is 745. The number of hydrogen-bond donors (Lipinski definition) is 2. The van der Waals surface area contributed by atoms with E-state index in [1.807, 2.05) is 43.3 Å². The van der Waals surface area contributed by atoms with Gasteiger partial charge >= 0.3 is 0 Å². The molecular weight excluding hydrogens is 250 g/mol. The summed E-state index contributed by atoms with van der Waals surface area (Å²) in [5.74, 6) is 0.340. The minimum Gasteiger partial charge on any atom is -0.383 e. The second kappa shape index (κ2) is 4.90. The Labute approximate surface area is 116 Å². The summed E-state index contributed by atoms with van der Waals surface area (Å²) in [5.41, 5.74) is 8.03. The van der Waals surface area contributed by atoms with Gasteiger partial charge in [-0.3, -0.25) is 4.98 Å². The zero-order chi connectivity index (χ0) is 14.1. The molecule has 0 spiro atoms. The van der Waals surface area contributed by atoms with E-state index in [4.69, 9.17) is 5.73 Å². The number of anilines is 1. The lowest BCUT2D eigenvalue weighted by atomic mass is 9.98. The van der Waals surface area contributed by atoms with Gasteiger partial charge in [0.1, 0.15) is 11.9 Å². The van der Waals surface area contributed by atoms with Crippen molar-refractivity contribution in [1.29, 1.82) is 0 Å². The van der Waals surface area contributed by atoms with Gasteiger partial charge < -0.3 is 10.8 Å². The summed E-state index contributed by atoms with van der Waals surface area (Å²) in [6, 6.07) is 11.6. The third-order valence-electron chi connectivity index (χ3n) is 3.48. The predicted octanol–water partition coefficient (Wildman–Crippen LogP) is 2.60. The van der Waals surface area contributed by atoms with Crippen LogP contribution in [-0.2, 0) is 0 Å². The van der Waals surface area contributed by atoms with Gasteiger partial charge in [0, 0.05) is 23.3 Å². The number of rotatable bonds is 2. The van der Waals surface area contributed by atoms with Crippen LogP contribution in [0.2, 0.25) is 0 Å². The molecule has 0 aliphatic rings. The molecule has 0 saturated carbocycles. The van der Waals surface area contributed by atoms with Gasteiger partial charge in [-0.15, -0.1) is 0 Å². The summed E-state index contributed by atoms with van der Waals surface area (Å²) in [6.07, 6.45) is 2.45. The first-order chi connectivity index (χ1) is 9.68. The van der Waals surface area contributed by atoms with Crippen LogP contribution in [0.3, 0.4) is 0 Å². The third-order valence-corrected chi connectivity index (χ3v) is 3.48.